The second kappa shape index (κ2) is 18.9. The van der Waals surface area contributed by atoms with Crippen LogP contribution in [-0.2, 0) is 9.53 Å². The summed E-state index contributed by atoms with van der Waals surface area (Å²) >= 11 is 0. The molecular formula is C22H42O4. The van der Waals surface area contributed by atoms with Crippen LogP contribution in [-0.4, -0.2) is 35.5 Å². The minimum atomic E-state index is -0.265. The molecule has 0 aliphatic carbocycles. The van der Waals surface area contributed by atoms with E-state index in [2.05, 4.69) is 6.58 Å². The fraction of sp³-hybridized carbons (Fsp3) is 0.864. The molecule has 4 heteroatoms. The quantitative estimate of drug-likeness (QED) is 0.184. The fourth-order valence-corrected chi connectivity index (χ4v) is 3.07. The molecule has 1 unspecified atom stereocenters. The third-order valence-electron chi connectivity index (χ3n) is 4.74. The average Bonchev–Trinajstić information content (AvgIpc) is 2.62. The molecule has 0 saturated carbocycles. The van der Waals surface area contributed by atoms with E-state index in [1.165, 1.54) is 32.1 Å². The van der Waals surface area contributed by atoms with E-state index in [1.54, 1.807) is 6.92 Å². The average molecular weight is 371 g/mol. The van der Waals surface area contributed by atoms with Crippen LogP contribution >= 0.6 is 0 Å². The molecule has 0 fully saturated rings. The standard InChI is InChI=1S/C22H42O4/c1-20(2)22(25)26-21(17-13-9-7-11-15-19-24)16-12-8-5-3-4-6-10-14-18-23/h21,23-24H,1,3-19H2,2H3. The molecule has 0 aliphatic rings. The van der Waals surface area contributed by atoms with Gasteiger partial charge in [0.15, 0.2) is 0 Å². The normalized spacial score (nSPS) is 12.1. The number of carbonyl (C=O) groups excluding carboxylic acids is 1. The third kappa shape index (κ3) is 16.6. The van der Waals surface area contributed by atoms with Gasteiger partial charge in [-0.2, -0.15) is 0 Å². The van der Waals surface area contributed by atoms with Crippen molar-refractivity contribution in [3.63, 3.8) is 0 Å². The lowest BCUT2D eigenvalue weighted by Crippen LogP contribution is -2.18. The van der Waals surface area contributed by atoms with Gasteiger partial charge in [0.2, 0.25) is 0 Å². The Balaban J connectivity index is 3.86. The summed E-state index contributed by atoms with van der Waals surface area (Å²) in [4.78, 5) is 11.8. The molecule has 154 valence electrons. The van der Waals surface area contributed by atoms with E-state index in [-0.39, 0.29) is 18.7 Å². The van der Waals surface area contributed by atoms with Crippen molar-refractivity contribution in [1.82, 2.24) is 0 Å². The van der Waals surface area contributed by atoms with Crippen LogP contribution in [0.1, 0.15) is 103 Å². The predicted molar refractivity (Wildman–Crippen MR) is 108 cm³/mol. The Morgan fingerprint density at radius 2 is 1.08 bits per heavy atom. The van der Waals surface area contributed by atoms with Crippen LogP contribution in [0, 0.1) is 0 Å². The van der Waals surface area contributed by atoms with Gasteiger partial charge in [0.25, 0.3) is 0 Å². The Labute approximate surface area is 161 Å². The zero-order valence-corrected chi connectivity index (χ0v) is 17.0. The number of ether oxygens (including phenoxy) is 1. The first kappa shape index (κ1) is 25.1. The van der Waals surface area contributed by atoms with Crippen LogP contribution in [0.25, 0.3) is 0 Å². The van der Waals surface area contributed by atoms with E-state index in [0.29, 0.717) is 12.2 Å². The van der Waals surface area contributed by atoms with Crippen LogP contribution in [0.3, 0.4) is 0 Å². The van der Waals surface area contributed by atoms with Crippen LogP contribution in [0.4, 0.5) is 0 Å². The molecule has 0 spiro atoms. The first-order valence-electron chi connectivity index (χ1n) is 10.7. The number of unbranched alkanes of at least 4 members (excludes halogenated alkanes) is 11. The minimum absolute atomic E-state index is 0.0154. The second-order valence-electron chi connectivity index (χ2n) is 7.43. The van der Waals surface area contributed by atoms with Gasteiger partial charge in [0.1, 0.15) is 6.10 Å². The lowest BCUT2D eigenvalue weighted by molar-refractivity contribution is -0.145. The fourth-order valence-electron chi connectivity index (χ4n) is 3.07. The van der Waals surface area contributed by atoms with Crippen molar-refractivity contribution >= 4 is 5.97 Å². The molecule has 26 heavy (non-hydrogen) atoms. The molecule has 0 saturated heterocycles. The molecule has 2 N–H and O–H groups in total. The summed E-state index contributed by atoms with van der Waals surface area (Å²) in [5.74, 6) is -0.265. The Morgan fingerprint density at radius 1 is 0.731 bits per heavy atom. The highest BCUT2D eigenvalue weighted by atomic mass is 16.5. The van der Waals surface area contributed by atoms with Crippen molar-refractivity contribution in [2.75, 3.05) is 13.2 Å². The molecule has 0 rings (SSSR count). The lowest BCUT2D eigenvalue weighted by atomic mass is 10.0. The Hall–Kier alpha value is -0.870. The van der Waals surface area contributed by atoms with Crippen molar-refractivity contribution in [2.24, 2.45) is 0 Å². The highest BCUT2D eigenvalue weighted by molar-refractivity contribution is 5.87. The summed E-state index contributed by atoms with van der Waals surface area (Å²) in [6.07, 6.45) is 16.5. The largest absolute Gasteiger partial charge is 0.459 e. The van der Waals surface area contributed by atoms with Crippen LogP contribution < -0.4 is 0 Å². The van der Waals surface area contributed by atoms with Crippen LogP contribution in [0.5, 0.6) is 0 Å². The topological polar surface area (TPSA) is 66.8 Å². The highest BCUT2D eigenvalue weighted by Crippen LogP contribution is 2.17. The van der Waals surface area contributed by atoms with E-state index >= 15 is 0 Å². The van der Waals surface area contributed by atoms with E-state index in [1.807, 2.05) is 0 Å². The molecule has 0 aromatic carbocycles. The SMILES string of the molecule is C=C(C)C(=O)OC(CCCCCCCO)CCCCCCCCCCO. The van der Waals surface area contributed by atoms with E-state index < -0.39 is 0 Å². The maximum Gasteiger partial charge on any atom is 0.333 e. The molecular weight excluding hydrogens is 328 g/mol. The van der Waals surface area contributed by atoms with Crippen molar-refractivity contribution in [3.8, 4) is 0 Å². The third-order valence-corrected chi connectivity index (χ3v) is 4.74. The van der Waals surface area contributed by atoms with Gasteiger partial charge in [-0.25, -0.2) is 4.79 Å². The lowest BCUT2D eigenvalue weighted by Gasteiger charge is -2.18. The van der Waals surface area contributed by atoms with E-state index in [9.17, 15) is 4.79 Å². The molecule has 0 aromatic heterocycles. The summed E-state index contributed by atoms with van der Waals surface area (Å²) in [7, 11) is 0. The second-order valence-corrected chi connectivity index (χ2v) is 7.43. The maximum absolute atomic E-state index is 11.8. The first-order chi connectivity index (χ1) is 12.6. The number of aliphatic hydroxyl groups excluding tert-OH is 2. The maximum atomic E-state index is 11.8. The molecule has 0 radical (unpaired) electrons. The van der Waals surface area contributed by atoms with Gasteiger partial charge in [-0.15, -0.1) is 0 Å². The number of hydrogen-bond acceptors (Lipinski definition) is 4. The van der Waals surface area contributed by atoms with Crippen molar-refractivity contribution in [1.29, 1.82) is 0 Å². The molecule has 0 aliphatic heterocycles. The van der Waals surface area contributed by atoms with Crippen molar-refractivity contribution in [2.45, 2.75) is 109 Å². The summed E-state index contributed by atoms with van der Waals surface area (Å²) in [5.41, 5.74) is 0.473. The van der Waals surface area contributed by atoms with Gasteiger partial charge in [0, 0.05) is 18.8 Å². The van der Waals surface area contributed by atoms with E-state index in [4.69, 9.17) is 14.9 Å². The number of rotatable bonds is 19. The zero-order chi connectivity index (χ0) is 19.5. The van der Waals surface area contributed by atoms with Crippen LogP contribution in [0.2, 0.25) is 0 Å². The zero-order valence-electron chi connectivity index (χ0n) is 17.0. The van der Waals surface area contributed by atoms with Crippen molar-refractivity contribution in [3.05, 3.63) is 12.2 Å². The number of carbonyl (C=O) groups is 1. The summed E-state index contributed by atoms with van der Waals surface area (Å²) in [5, 5.41) is 17.6. The van der Waals surface area contributed by atoms with E-state index in [0.717, 1.165) is 64.2 Å². The smallest absolute Gasteiger partial charge is 0.333 e. The molecule has 1 atom stereocenters. The molecule has 0 bridgehead atoms. The number of esters is 1. The van der Waals surface area contributed by atoms with Gasteiger partial charge in [0.05, 0.1) is 0 Å². The van der Waals surface area contributed by atoms with Crippen molar-refractivity contribution < 1.29 is 19.7 Å². The van der Waals surface area contributed by atoms with Gasteiger partial charge in [-0.1, -0.05) is 64.4 Å². The summed E-state index contributed by atoms with van der Waals surface area (Å²) in [6, 6.07) is 0. The summed E-state index contributed by atoms with van der Waals surface area (Å²) < 4.78 is 5.61. The molecule has 0 heterocycles. The summed E-state index contributed by atoms with van der Waals surface area (Å²) in [6.45, 7) is 5.96. The monoisotopic (exact) mass is 370 g/mol. The Morgan fingerprint density at radius 3 is 1.42 bits per heavy atom. The number of hydrogen-bond donors (Lipinski definition) is 2. The highest BCUT2D eigenvalue weighted by Gasteiger charge is 2.14. The van der Waals surface area contributed by atoms with Gasteiger partial charge in [-0.05, 0) is 45.4 Å². The first-order valence-corrected chi connectivity index (χ1v) is 10.7. The van der Waals surface area contributed by atoms with Gasteiger partial charge >= 0.3 is 5.97 Å². The van der Waals surface area contributed by atoms with Gasteiger partial charge in [-0.3, -0.25) is 0 Å². The van der Waals surface area contributed by atoms with Gasteiger partial charge < -0.3 is 14.9 Å². The Kier molecular flexibility index (Phi) is 18.3. The molecule has 0 aromatic rings. The Bertz CT molecular complexity index is 341. The predicted octanol–water partition coefficient (Wildman–Crippen LogP) is 5.31. The number of aliphatic hydroxyl groups is 2. The van der Waals surface area contributed by atoms with Crippen LogP contribution in [0.15, 0.2) is 12.2 Å². The molecule has 4 nitrogen and oxygen atoms in total. The molecule has 0 amide bonds. The minimum Gasteiger partial charge on any atom is -0.459 e.